The first kappa shape index (κ1) is 17.8. The molecule has 5 nitrogen and oxygen atoms in total. The summed E-state index contributed by atoms with van der Waals surface area (Å²) in [4.78, 5) is 0. The van der Waals surface area contributed by atoms with Crippen molar-refractivity contribution in [1.82, 2.24) is 0 Å². The van der Waals surface area contributed by atoms with Gasteiger partial charge in [0.2, 0.25) is 0 Å². The Morgan fingerprint density at radius 2 is 1.76 bits per heavy atom. The van der Waals surface area contributed by atoms with Crippen LogP contribution in [0.25, 0.3) is 0 Å². The lowest BCUT2D eigenvalue weighted by molar-refractivity contribution is 0.287. The molecule has 21 heavy (non-hydrogen) atoms. The van der Waals surface area contributed by atoms with Crippen LogP contribution in [0.4, 0.5) is 0 Å². The van der Waals surface area contributed by atoms with Crippen LogP contribution in [0.15, 0.2) is 18.2 Å². The molecule has 1 aromatic carbocycles. The lowest BCUT2D eigenvalue weighted by atomic mass is 10.0. The number of ether oxygens (including phenoxy) is 2. The Morgan fingerprint density at radius 3 is 2.33 bits per heavy atom. The largest absolute Gasteiger partial charge is 0.490 e. The van der Waals surface area contributed by atoms with Crippen LogP contribution in [0.3, 0.4) is 0 Å². The topological polar surface area (TPSA) is 78.6 Å². The van der Waals surface area contributed by atoms with Gasteiger partial charge in [0, 0.05) is 18.1 Å². The highest BCUT2D eigenvalue weighted by Crippen LogP contribution is 2.31. The molecule has 0 saturated carbocycles. The van der Waals surface area contributed by atoms with E-state index in [1.807, 2.05) is 32.0 Å². The highest BCUT2D eigenvalue weighted by molar-refractivity contribution is 7.90. The van der Waals surface area contributed by atoms with Crippen molar-refractivity contribution in [2.75, 3.05) is 25.2 Å². The van der Waals surface area contributed by atoms with E-state index in [0.717, 1.165) is 5.56 Å². The molecule has 0 aliphatic rings. The normalized spacial score (nSPS) is 13.0. The first-order valence-corrected chi connectivity index (χ1v) is 9.26. The summed E-state index contributed by atoms with van der Waals surface area (Å²) in [6, 6.07) is 5.42. The summed E-state index contributed by atoms with van der Waals surface area (Å²) in [5, 5.41) is 0. The molecule has 2 N–H and O–H groups in total. The maximum absolute atomic E-state index is 11.1. The minimum Gasteiger partial charge on any atom is -0.490 e. The van der Waals surface area contributed by atoms with E-state index in [0.29, 0.717) is 37.6 Å². The predicted molar refractivity (Wildman–Crippen MR) is 84.7 cm³/mol. The van der Waals surface area contributed by atoms with Crippen LogP contribution in [0, 0.1) is 0 Å². The lowest BCUT2D eigenvalue weighted by Crippen LogP contribution is -2.13. The van der Waals surface area contributed by atoms with Crippen molar-refractivity contribution in [3.05, 3.63) is 23.8 Å². The van der Waals surface area contributed by atoms with Crippen LogP contribution in [-0.2, 0) is 9.84 Å². The first-order chi connectivity index (χ1) is 9.87. The van der Waals surface area contributed by atoms with Crippen molar-refractivity contribution in [1.29, 1.82) is 0 Å². The second-order valence-electron chi connectivity index (χ2n) is 4.95. The van der Waals surface area contributed by atoms with Crippen LogP contribution in [0.2, 0.25) is 0 Å². The molecule has 0 aliphatic heterocycles. The second kappa shape index (κ2) is 8.24. The number of sulfone groups is 1. The summed E-state index contributed by atoms with van der Waals surface area (Å²) >= 11 is 0. The highest BCUT2D eigenvalue weighted by Gasteiger charge is 2.12. The van der Waals surface area contributed by atoms with Crippen molar-refractivity contribution in [2.45, 2.75) is 32.7 Å². The van der Waals surface area contributed by atoms with E-state index in [1.54, 1.807) is 0 Å². The highest BCUT2D eigenvalue weighted by atomic mass is 32.2. The molecule has 0 aliphatic carbocycles. The third kappa shape index (κ3) is 6.35. The molecule has 1 atom stereocenters. The molecule has 0 radical (unpaired) electrons. The van der Waals surface area contributed by atoms with Crippen LogP contribution in [0.1, 0.15) is 38.3 Å². The molecular formula is C15H25NO4S. The average molecular weight is 315 g/mol. The van der Waals surface area contributed by atoms with Crippen LogP contribution in [-0.4, -0.2) is 33.6 Å². The van der Waals surface area contributed by atoms with Gasteiger partial charge in [-0.15, -0.1) is 0 Å². The van der Waals surface area contributed by atoms with Gasteiger partial charge in [0.05, 0.1) is 13.2 Å². The fourth-order valence-corrected chi connectivity index (χ4v) is 2.72. The first-order valence-electron chi connectivity index (χ1n) is 7.20. The summed E-state index contributed by atoms with van der Waals surface area (Å²) < 4.78 is 33.3. The molecule has 120 valence electrons. The van der Waals surface area contributed by atoms with E-state index in [-0.39, 0.29) is 11.8 Å². The number of benzene rings is 1. The van der Waals surface area contributed by atoms with Crippen LogP contribution in [0.5, 0.6) is 11.5 Å². The molecule has 0 bridgehead atoms. The van der Waals surface area contributed by atoms with E-state index >= 15 is 0 Å². The van der Waals surface area contributed by atoms with Gasteiger partial charge in [-0.1, -0.05) is 6.07 Å². The van der Waals surface area contributed by atoms with Gasteiger partial charge in [-0.05, 0) is 44.4 Å². The number of nitrogens with two attached hydrogens (primary N) is 1. The van der Waals surface area contributed by atoms with Crippen molar-refractivity contribution >= 4 is 9.84 Å². The summed E-state index contributed by atoms with van der Waals surface area (Å²) in [5.74, 6) is 1.54. The Labute approximate surface area is 127 Å². The molecular weight excluding hydrogens is 290 g/mol. The SMILES string of the molecule is CCOc1ccc(C(N)CCCS(C)(=O)=O)cc1OCC. The van der Waals surface area contributed by atoms with E-state index in [1.165, 1.54) is 6.26 Å². The fraction of sp³-hybridized carbons (Fsp3) is 0.600. The lowest BCUT2D eigenvalue weighted by Gasteiger charge is -2.16. The van der Waals surface area contributed by atoms with Crippen molar-refractivity contribution in [2.24, 2.45) is 5.73 Å². The molecule has 1 rings (SSSR count). The zero-order valence-electron chi connectivity index (χ0n) is 13.0. The molecule has 1 unspecified atom stereocenters. The molecule has 6 heteroatoms. The zero-order chi connectivity index (χ0) is 15.9. The third-order valence-electron chi connectivity index (χ3n) is 3.03. The van der Waals surface area contributed by atoms with E-state index in [9.17, 15) is 8.42 Å². The van der Waals surface area contributed by atoms with Gasteiger partial charge >= 0.3 is 0 Å². The summed E-state index contributed by atoms with van der Waals surface area (Å²) in [6.07, 6.45) is 2.41. The molecule has 0 amide bonds. The van der Waals surface area contributed by atoms with Gasteiger partial charge < -0.3 is 15.2 Å². The number of hydrogen-bond donors (Lipinski definition) is 1. The van der Waals surface area contributed by atoms with Gasteiger partial charge in [-0.3, -0.25) is 0 Å². The Morgan fingerprint density at radius 1 is 1.14 bits per heavy atom. The number of rotatable bonds is 9. The van der Waals surface area contributed by atoms with Gasteiger partial charge in [0.1, 0.15) is 9.84 Å². The van der Waals surface area contributed by atoms with Gasteiger partial charge in [-0.2, -0.15) is 0 Å². The Bertz CT molecular complexity index is 543. The fourth-order valence-electron chi connectivity index (χ4n) is 2.03. The maximum Gasteiger partial charge on any atom is 0.161 e. The monoisotopic (exact) mass is 315 g/mol. The summed E-state index contributed by atoms with van der Waals surface area (Å²) in [6.45, 7) is 4.95. The predicted octanol–water partition coefficient (Wildman–Crippen LogP) is 2.31. The third-order valence-corrected chi connectivity index (χ3v) is 4.06. The van der Waals surface area contributed by atoms with Crippen LogP contribution < -0.4 is 15.2 Å². The maximum atomic E-state index is 11.1. The molecule has 0 heterocycles. The molecule has 0 fully saturated rings. The van der Waals surface area contributed by atoms with Gasteiger partial charge in [-0.25, -0.2) is 8.42 Å². The van der Waals surface area contributed by atoms with E-state index in [4.69, 9.17) is 15.2 Å². The smallest absolute Gasteiger partial charge is 0.161 e. The Hall–Kier alpha value is -1.27. The standard InChI is InChI=1S/C15H25NO4S/c1-4-19-14-9-8-12(11-15(14)20-5-2)13(16)7-6-10-21(3,17)18/h8-9,11,13H,4-7,10,16H2,1-3H3. The van der Waals surface area contributed by atoms with Crippen molar-refractivity contribution in [3.8, 4) is 11.5 Å². The minimum atomic E-state index is -2.93. The van der Waals surface area contributed by atoms with Crippen molar-refractivity contribution < 1.29 is 17.9 Å². The molecule has 0 spiro atoms. The summed E-state index contributed by atoms with van der Waals surface area (Å²) in [5.41, 5.74) is 7.05. The van der Waals surface area contributed by atoms with Crippen molar-refractivity contribution in [3.63, 3.8) is 0 Å². The minimum absolute atomic E-state index is 0.163. The zero-order valence-corrected chi connectivity index (χ0v) is 13.8. The molecule has 0 aromatic heterocycles. The molecule has 0 saturated heterocycles. The van der Waals surface area contributed by atoms with Gasteiger partial charge in [0.15, 0.2) is 11.5 Å². The second-order valence-corrected chi connectivity index (χ2v) is 7.21. The summed E-state index contributed by atoms with van der Waals surface area (Å²) in [7, 11) is -2.93. The quantitative estimate of drug-likeness (QED) is 0.756. The van der Waals surface area contributed by atoms with E-state index < -0.39 is 9.84 Å². The van der Waals surface area contributed by atoms with Gasteiger partial charge in [0.25, 0.3) is 0 Å². The van der Waals surface area contributed by atoms with E-state index in [2.05, 4.69) is 0 Å². The Kier molecular flexibility index (Phi) is 6.98. The average Bonchev–Trinajstić information content (AvgIpc) is 2.39. The van der Waals surface area contributed by atoms with Crippen LogP contribution >= 0.6 is 0 Å². The Balaban J connectivity index is 2.75. The molecule has 1 aromatic rings. The number of hydrogen-bond acceptors (Lipinski definition) is 5.